The summed E-state index contributed by atoms with van der Waals surface area (Å²) in [5.41, 5.74) is 6.87. The van der Waals surface area contributed by atoms with Crippen LogP contribution in [0.2, 0.25) is 0 Å². The van der Waals surface area contributed by atoms with Crippen molar-refractivity contribution >= 4 is 29.2 Å². The van der Waals surface area contributed by atoms with Crippen LogP contribution in [0, 0.1) is 13.8 Å². The highest BCUT2D eigenvalue weighted by atomic mass is 16.6. The van der Waals surface area contributed by atoms with Crippen LogP contribution in [0.3, 0.4) is 0 Å². The lowest BCUT2D eigenvalue weighted by Crippen LogP contribution is -2.39. The number of β-amino-alcohol motifs (C(OH)–C–C–N with tert-alkyl or cyclic N) is 1. The number of amides is 2. The first-order valence-electron chi connectivity index (χ1n) is 17.0. The summed E-state index contributed by atoms with van der Waals surface area (Å²) in [6.07, 6.45) is 2.21. The zero-order valence-electron chi connectivity index (χ0n) is 29.3. The van der Waals surface area contributed by atoms with E-state index in [0.717, 1.165) is 46.5 Å². The van der Waals surface area contributed by atoms with Crippen molar-refractivity contribution in [3.8, 4) is 11.1 Å². The van der Waals surface area contributed by atoms with Gasteiger partial charge in [-0.2, -0.15) is 5.10 Å². The van der Waals surface area contributed by atoms with Gasteiger partial charge in [-0.1, -0.05) is 30.3 Å². The third-order valence-corrected chi connectivity index (χ3v) is 9.05. The van der Waals surface area contributed by atoms with Crippen molar-refractivity contribution in [1.29, 1.82) is 0 Å². The molecule has 262 valence electrons. The van der Waals surface area contributed by atoms with E-state index < -0.39 is 5.60 Å². The minimum absolute atomic E-state index is 0.177. The molecule has 12 nitrogen and oxygen atoms in total. The zero-order valence-corrected chi connectivity index (χ0v) is 29.3. The molecule has 50 heavy (non-hydrogen) atoms. The van der Waals surface area contributed by atoms with Gasteiger partial charge in [0, 0.05) is 50.3 Å². The summed E-state index contributed by atoms with van der Waals surface area (Å²) in [6, 6.07) is 16.9. The lowest BCUT2D eigenvalue weighted by molar-refractivity contribution is -0.156. The number of fused-ring (bicyclic) bond motifs is 1. The normalized spacial score (nSPS) is 16.6. The average Bonchev–Trinajstić information content (AvgIpc) is 3.68. The molecule has 2 aliphatic heterocycles. The second-order valence-corrected chi connectivity index (χ2v) is 14.1. The van der Waals surface area contributed by atoms with Gasteiger partial charge in [0.05, 0.1) is 24.9 Å². The number of aliphatic hydroxyl groups excluding tert-OH is 1. The molecular formula is C38H45N7O5. The van der Waals surface area contributed by atoms with Gasteiger partial charge < -0.3 is 20.5 Å². The van der Waals surface area contributed by atoms with Gasteiger partial charge in [0.15, 0.2) is 5.69 Å². The number of hydrogen-bond acceptors (Lipinski definition) is 9. The zero-order chi connectivity index (χ0) is 35.6. The van der Waals surface area contributed by atoms with Gasteiger partial charge in [-0.25, -0.2) is 0 Å². The largest absolute Gasteiger partial charge is 0.459 e. The summed E-state index contributed by atoms with van der Waals surface area (Å²) < 4.78 is 7.29. The number of carbonyl (C=O) groups is 3. The highest BCUT2D eigenvalue weighted by Crippen LogP contribution is 2.34. The van der Waals surface area contributed by atoms with Crippen molar-refractivity contribution in [2.75, 3.05) is 36.8 Å². The Morgan fingerprint density at radius 2 is 1.54 bits per heavy atom. The van der Waals surface area contributed by atoms with Crippen molar-refractivity contribution in [3.63, 3.8) is 0 Å². The molecule has 0 radical (unpaired) electrons. The Kier molecular flexibility index (Phi) is 10.1. The first-order chi connectivity index (χ1) is 23.8. The molecule has 12 heteroatoms. The van der Waals surface area contributed by atoms with Crippen LogP contribution in [0.4, 0.5) is 11.4 Å². The van der Waals surface area contributed by atoms with Crippen LogP contribution in [0.1, 0.15) is 70.6 Å². The maximum absolute atomic E-state index is 13.4. The van der Waals surface area contributed by atoms with Gasteiger partial charge in [0.25, 0.3) is 11.8 Å². The number of aromatic nitrogens is 3. The Labute approximate surface area is 292 Å². The minimum atomic E-state index is -0.543. The highest BCUT2D eigenvalue weighted by molar-refractivity contribution is 6.05. The molecule has 1 fully saturated rings. The smallest absolute Gasteiger partial charge is 0.320 e. The molecule has 4 heterocycles. The summed E-state index contributed by atoms with van der Waals surface area (Å²) in [6.45, 7) is 13.5. The topological polar surface area (TPSA) is 142 Å². The number of pyridine rings is 1. The van der Waals surface area contributed by atoms with Crippen molar-refractivity contribution in [1.82, 2.24) is 24.6 Å². The Balaban J connectivity index is 1.11. The molecule has 2 aromatic heterocycles. The number of rotatable bonds is 9. The molecule has 0 bridgehead atoms. The molecule has 1 atom stereocenters. The molecule has 1 saturated heterocycles. The molecular weight excluding hydrogens is 634 g/mol. The second kappa shape index (κ2) is 14.5. The number of nitrogens with one attached hydrogen (secondary N) is 2. The van der Waals surface area contributed by atoms with E-state index in [1.807, 2.05) is 86.7 Å². The monoisotopic (exact) mass is 679 g/mol. The van der Waals surface area contributed by atoms with Crippen molar-refractivity contribution in [3.05, 3.63) is 94.6 Å². The van der Waals surface area contributed by atoms with Crippen LogP contribution in [-0.4, -0.2) is 85.3 Å². The molecule has 3 N–H and O–H groups in total. The standard InChI is InChI=1S/C38H45N7O5/c1-24-29(8-6-10-31(24)40-36(48)33-13-12-26(19-39-33)20-43-15-14-28(46)22-43)30-9-7-11-32(25(30)2)41-37(49)34-18-27-21-44(16-17-45(27)42-34)23-35(47)50-38(3,4)5/h6-13,18-19,28,46H,14-17,20-23H2,1-5H3,(H,40,48)(H,41,49)/t28-/m1/s1. The number of carbonyl (C=O) groups excluding carboxylic acids is 3. The number of likely N-dealkylation sites (tertiary alicyclic amines) is 1. The number of esters is 1. The molecule has 4 aromatic rings. The lowest BCUT2D eigenvalue weighted by Gasteiger charge is -2.28. The van der Waals surface area contributed by atoms with E-state index in [1.54, 1.807) is 18.3 Å². The molecule has 0 saturated carbocycles. The summed E-state index contributed by atoms with van der Waals surface area (Å²) >= 11 is 0. The van der Waals surface area contributed by atoms with E-state index in [9.17, 15) is 19.5 Å². The summed E-state index contributed by atoms with van der Waals surface area (Å²) in [4.78, 5) is 47.5. The number of benzene rings is 2. The average molecular weight is 680 g/mol. The van der Waals surface area contributed by atoms with Gasteiger partial charge in [-0.3, -0.25) is 33.8 Å². The molecule has 2 aromatic carbocycles. The fraction of sp³-hybridized carbons (Fsp3) is 0.395. The lowest BCUT2D eigenvalue weighted by atomic mass is 9.94. The van der Waals surface area contributed by atoms with Crippen LogP contribution in [-0.2, 0) is 29.2 Å². The Morgan fingerprint density at radius 3 is 2.12 bits per heavy atom. The van der Waals surface area contributed by atoms with Gasteiger partial charge in [0.1, 0.15) is 11.3 Å². The number of ether oxygens (including phenoxy) is 1. The number of nitrogens with zero attached hydrogens (tertiary/aromatic N) is 5. The summed E-state index contributed by atoms with van der Waals surface area (Å²) in [5.74, 6) is -0.901. The number of anilines is 2. The maximum atomic E-state index is 13.4. The molecule has 2 amide bonds. The quantitative estimate of drug-likeness (QED) is 0.213. The first kappa shape index (κ1) is 34.9. The molecule has 0 aliphatic carbocycles. The second-order valence-electron chi connectivity index (χ2n) is 14.1. The predicted molar refractivity (Wildman–Crippen MR) is 191 cm³/mol. The Hall–Kier alpha value is -4.91. The summed E-state index contributed by atoms with van der Waals surface area (Å²) in [7, 11) is 0. The van der Waals surface area contributed by atoms with E-state index in [4.69, 9.17) is 4.74 Å². The van der Waals surface area contributed by atoms with Crippen LogP contribution < -0.4 is 10.6 Å². The minimum Gasteiger partial charge on any atom is -0.459 e. The molecule has 0 unspecified atom stereocenters. The SMILES string of the molecule is Cc1c(NC(=O)c2ccc(CN3CC[C@@H](O)C3)cn2)cccc1-c1cccc(NC(=O)c2cc3n(n2)CCN(CC(=O)OC(C)(C)C)C3)c1C. The fourth-order valence-corrected chi connectivity index (χ4v) is 6.49. The predicted octanol–water partition coefficient (Wildman–Crippen LogP) is 4.79. The van der Waals surface area contributed by atoms with Crippen molar-refractivity contribution in [2.24, 2.45) is 0 Å². The number of hydrogen-bond donors (Lipinski definition) is 3. The highest BCUT2D eigenvalue weighted by Gasteiger charge is 2.25. The molecule has 2 aliphatic rings. The van der Waals surface area contributed by atoms with Crippen LogP contribution in [0.5, 0.6) is 0 Å². The molecule has 0 spiro atoms. The van der Waals surface area contributed by atoms with Gasteiger partial charge in [-0.05, 0) is 93.1 Å². The summed E-state index contributed by atoms with van der Waals surface area (Å²) in [5, 5.41) is 20.4. The van der Waals surface area contributed by atoms with E-state index in [1.165, 1.54) is 0 Å². The van der Waals surface area contributed by atoms with E-state index in [2.05, 4.69) is 25.6 Å². The third kappa shape index (κ3) is 8.27. The van der Waals surface area contributed by atoms with Crippen LogP contribution in [0.15, 0.2) is 60.8 Å². The number of aliphatic hydroxyl groups is 1. The fourth-order valence-electron chi connectivity index (χ4n) is 6.49. The van der Waals surface area contributed by atoms with Crippen molar-refractivity contribution in [2.45, 2.75) is 72.4 Å². The van der Waals surface area contributed by atoms with Gasteiger partial charge in [-0.15, -0.1) is 0 Å². The van der Waals surface area contributed by atoms with Gasteiger partial charge >= 0.3 is 5.97 Å². The third-order valence-electron chi connectivity index (χ3n) is 9.05. The maximum Gasteiger partial charge on any atom is 0.320 e. The Bertz CT molecular complexity index is 1900. The van der Waals surface area contributed by atoms with E-state index >= 15 is 0 Å². The first-order valence-corrected chi connectivity index (χ1v) is 17.0. The molecule has 6 rings (SSSR count). The van der Waals surface area contributed by atoms with Gasteiger partial charge in [0.2, 0.25) is 0 Å². The Morgan fingerprint density at radius 1 is 0.880 bits per heavy atom. The van der Waals surface area contributed by atoms with E-state index in [0.29, 0.717) is 55.5 Å². The van der Waals surface area contributed by atoms with Crippen LogP contribution in [0.25, 0.3) is 11.1 Å². The van der Waals surface area contributed by atoms with Crippen LogP contribution >= 0.6 is 0 Å². The van der Waals surface area contributed by atoms with E-state index in [-0.39, 0.29) is 30.4 Å². The van der Waals surface area contributed by atoms with Crippen molar-refractivity contribution < 1.29 is 24.2 Å².